The number of aromatic amines is 1. The lowest BCUT2D eigenvalue weighted by molar-refractivity contribution is 0.317. The molecule has 0 saturated heterocycles. The molecule has 4 N–H and O–H groups in total. The number of nitrogens with zero attached hydrogens (tertiary/aromatic N) is 3. The highest BCUT2D eigenvalue weighted by Gasteiger charge is 2.04. The Kier molecular flexibility index (Phi) is 4.22. The summed E-state index contributed by atoms with van der Waals surface area (Å²) in [6, 6.07) is 0. The van der Waals surface area contributed by atoms with Crippen LogP contribution in [-0.2, 0) is 7.05 Å². The van der Waals surface area contributed by atoms with Crippen molar-refractivity contribution in [1.82, 2.24) is 14.8 Å². The molecule has 0 fully saturated rings. The molecule has 0 amide bonds. The average Bonchev–Trinajstić information content (AvgIpc) is 2.55. The molecule has 0 unspecified atom stereocenters. The Morgan fingerprint density at radius 3 is 3.07 bits per heavy atom. The van der Waals surface area contributed by atoms with E-state index in [2.05, 4.69) is 15.4 Å². The van der Waals surface area contributed by atoms with Gasteiger partial charge in [0.1, 0.15) is 5.84 Å². The number of thioether (sulfide) groups is 1. The summed E-state index contributed by atoms with van der Waals surface area (Å²) < 4.78 is 1.44. The summed E-state index contributed by atoms with van der Waals surface area (Å²) >= 11 is 1.45. The minimum absolute atomic E-state index is 0.214. The Morgan fingerprint density at radius 1 is 1.80 bits per heavy atom. The molecule has 0 radical (unpaired) electrons. The van der Waals surface area contributed by atoms with E-state index in [1.165, 1.54) is 16.3 Å². The van der Waals surface area contributed by atoms with Crippen molar-refractivity contribution in [3.8, 4) is 0 Å². The number of oxime groups is 1. The molecule has 8 heteroatoms. The van der Waals surface area contributed by atoms with E-state index in [-0.39, 0.29) is 11.5 Å². The fourth-order valence-corrected chi connectivity index (χ4v) is 1.79. The summed E-state index contributed by atoms with van der Waals surface area (Å²) in [4.78, 5) is 11.0. The Bertz CT molecular complexity index is 396. The van der Waals surface area contributed by atoms with Gasteiger partial charge in [-0.05, 0) is 6.42 Å². The van der Waals surface area contributed by atoms with E-state index in [0.29, 0.717) is 11.6 Å². The van der Waals surface area contributed by atoms with E-state index in [0.717, 1.165) is 12.2 Å². The van der Waals surface area contributed by atoms with Gasteiger partial charge in [-0.25, -0.2) is 9.89 Å². The van der Waals surface area contributed by atoms with Crippen molar-refractivity contribution in [2.75, 3.05) is 5.75 Å². The number of aromatic nitrogens is 3. The van der Waals surface area contributed by atoms with Gasteiger partial charge in [0, 0.05) is 19.2 Å². The fraction of sp³-hybridized carbons (Fsp3) is 0.571. The maximum atomic E-state index is 11.0. The van der Waals surface area contributed by atoms with Crippen molar-refractivity contribution in [3.05, 3.63) is 10.5 Å². The van der Waals surface area contributed by atoms with E-state index in [1.54, 1.807) is 7.05 Å². The number of amidine groups is 1. The highest BCUT2D eigenvalue weighted by Crippen LogP contribution is 2.13. The standard InChI is InChI=1S/C7H13N5O2S/c1-12-6(13)9-10-7(12)15-4-2-3-5(8)11-14/h14H,2-4H2,1H3,(H2,8,11)(H,9,13). The SMILES string of the molecule is Cn1c(SCCCC(N)=NO)n[nH]c1=O. The predicted molar refractivity (Wildman–Crippen MR) is 57.2 cm³/mol. The molecule has 1 heterocycles. The molecule has 0 spiro atoms. The molecule has 0 aliphatic rings. The number of hydrogen-bond donors (Lipinski definition) is 3. The first-order valence-electron chi connectivity index (χ1n) is 4.35. The number of nitrogens with two attached hydrogens (primary N) is 1. The summed E-state index contributed by atoms with van der Waals surface area (Å²) in [6.07, 6.45) is 1.30. The summed E-state index contributed by atoms with van der Waals surface area (Å²) in [6.45, 7) is 0. The number of nitrogens with one attached hydrogen (secondary N) is 1. The molecule has 0 aromatic carbocycles. The first kappa shape index (κ1) is 11.6. The third-order valence-corrected chi connectivity index (χ3v) is 2.89. The monoisotopic (exact) mass is 231 g/mol. The largest absolute Gasteiger partial charge is 0.409 e. The van der Waals surface area contributed by atoms with Crippen LogP contribution in [0.25, 0.3) is 0 Å². The second kappa shape index (κ2) is 5.44. The molecule has 84 valence electrons. The van der Waals surface area contributed by atoms with Crippen LogP contribution in [0.2, 0.25) is 0 Å². The lowest BCUT2D eigenvalue weighted by atomic mass is 10.3. The quantitative estimate of drug-likeness (QED) is 0.161. The molecule has 0 saturated carbocycles. The zero-order chi connectivity index (χ0) is 11.3. The van der Waals surface area contributed by atoms with E-state index in [4.69, 9.17) is 10.9 Å². The molecule has 1 rings (SSSR count). The van der Waals surface area contributed by atoms with Crippen LogP contribution in [0, 0.1) is 0 Å². The average molecular weight is 231 g/mol. The van der Waals surface area contributed by atoms with Crippen molar-refractivity contribution in [2.45, 2.75) is 18.0 Å². The highest BCUT2D eigenvalue weighted by atomic mass is 32.2. The predicted octanol–water partition coefficient (Wildman–Crippen LogP) is -0.273. The molecular weight excluding hydrogens is 218 g/mol. The first-order chi connectivity index (χ1) is 7.15. The normalized spacial score (nSPS) is 11.9. The van der Waals surface area contributed by atoms with E-state index < -0.39 is 0 Å². The van der Waals surface area contributed by atoms with Gasteiger partial charge in [-0.1, -0.05) is 16.9 Å². The number of H-pyrrole nitrogens is 1. The Labute approximate surface area is 90.4 Å². The molecule has 1 aromatic rings. The molecule has 0 atom stereocenters. The summed E-state index contributed by atoms with van der Waals surface area (Å²) in [5.74, 6) is 0.973. The van der Waals surface area contributed by atoms with Crippen LogP contribution in [0.3, 0.4) is 0 Å². The van der Waals surface area contributed by atoms with Gasteiger partial charge in [-0.2, -0.15) is 0 Å². The number of rotatable bonds is 5. The maximum absolute atomic E-state index is 11.0. The third-order valence-electron chi connectivity index (χ3n) is 1.78. The van der Waals surface area contributed by atoms with Crippen LogP contribution < -0.4 is 11.4 Å². The first-order valence-corrected chi connectivity index (χ1v) is 5.34. The molecule has 1 aromatic heterocycles. The van der Waals surface area contributed by atoms with E-state index in [9.17, 15) is 4.79 Å². The maximum Gasteiger partial charge on any atom is 0.343 e. The summed E-state index contributed by atoms with van der Waals surface area (Å²) in [5, 5.41) is 18.0. The lowest BCUT2D eigenvalue weighted by Crippen LogP contribution is -2.13. The van der Waals surface area contributed by atoms with Crippen molar-refractivity contribution in [2.24, 2.45) is 17.9 Å². The zero-order valence-electron chi connectivity index (χ0n) is 8.30. The van der Waals surface area contributed by atoms with Gasteiger partial charge in [-0.3, -0.25) is 4.57 Å². The molecule has 7 nitrogen and oxygen atoms in total. The molecular formula is C7H13N5O2S. The summed E-state index contributed by atoms with van der Waals surface area (Å²) in [7, 11) is 1.65. The lowest BCUT2D eigenvalue weighted by Gasteiger charge is -1.99. The fourth-order valence-electron chi connectivity index (χ4n) is 0.928. The molecule has 15 heavy (non-hydrogen) atoms. The van der Waals surface area contributed by atoms with Crippen LogP contribution in [0.5, 0.6) is 0 Å². The van der Waals surface area contributed by atoms with E-state index in [1.807, 2.05) is 0 Å². The van der Waals surface area contributed by atoms with Crippen LogP contribution in [0.4, 0.5) is 0 Å². The third kappa shape index (κ3) is 3.31. The minimum atomic E-state index is -0.228. The number of hydrogen-bond acceptors (Lipinski definition) is 5. The van der Waals surface area contributed by atoms with E-state index >= 15 is 0 Å². The Hall–Kier alpha value is -1.44. The zero-order valence-corrected chi connectivity index (χ0v) is 9.12. The Balaban J connectivity index is 2.32. The molecule has 0 bridgehead atoms. The smallest absolute Gasteiger partial charge is 0.343 e. The van der Waals surface area contributed by atoms with Gasteiger partial charge < -0.3 is 10.9 Å². The molecule has 0 aliphatic heterocycles. The van der Waals surface area contributed by atoms with Crippen molar-refractivity contribution >= 4 is 17.6 Å². The highest BCUT2D eigenvalue weighted by molar-refractivity contribution is 7.99. The second-order valence-electron chi connectivity index (χ2n) is 2.91. The van der Waals surface area contributed by atoms with Crippen molar-refractivity contribution < 1.29 is 5.21 Å². The van der Waals surface area contributed by atoms with Gasteiger partial charge >= 0.3 is 5.69 Å². The van der Waals surface area contributed by atoms with Crippen molar-refractivity contribution in [3.63, 3.8) is 0 Å². The van der Waals surface area contributed by atoms with Crippen LogP contribution in [-0.4, -0.2) is 31.6 Å². The molecule has 0 aliphatic carbocycles. The minimum Gasteiger partial charge on any atom is -0.409 e. The summed E-state index contributed by atoms with van der Waals surface area (Å²) in [5.41, 5.74) is 5.07. The van der Waals surface area contributed by atoms with Gasteiger partial charge in [0.15, 0.2) is 5.16 Å². The Morgan fingerprint density at radius 2 is 2.53 bits per heavy atom. The topological polar surface area (TPSA) is 109 Å². The second-order valence-corrected chi connectivity index (χ2v) is 3.98. The van der Waals surface area contributed by atoms with Gasteiger partial charge in [0.05, 0.1) is 0 Å². The van der Waals surface area contributed by atoms with Gasteiger partial charge in [0.2, 0.25) is 0 Å². The van der Waals surface area contributed by atoms with Gasteiger partial charge in [0.25, 0.3) is 0 Å². The van der Waals surface area contributed by atoms with Crippen molar-refractivity contribution in [1.29, 1.82) is 0 Å². The van der Waals surface area contributed by atoms with Crippen LogP contribution in [0.15, 0.2) is 15.1 Å². The van der Waals surface area contributed by atoms with Crippen LogP contribution >= 0.6 is 11.8 Å². The van der Waals surface area contributed by atoms with Gasteiger partial charge in [-0.15, -0.1) is 5.10 Å². The van der Waals surface area contributed by atoms with Crippen LogP contribution in [0.1, 0.15) is 12.8 Å².